The molecular weight excluding hydrogens is 396 g/mol. The van der Waals surface area contributed by atoms with E-state index in [1.807, 2.05) is 24.3 Å². The molecule has 1 saturated heterocycles. The van der Waals surface area contributed by atoms with Crippen LogP contribution in [0.15, 0.2) is 58.3 Å². The van der Waals surface area contributed by atoms with Gasteiger partial charge in [-0.3, -0.25) is 0 Å². The van der Waals surface area contributed by atoms with Gasteiger partial charge in [-0.1, -0.05) is 19.1 Å². The third-order valence-corrected chi connectivity index (χ3v) is 7.53. The summed E-state index contributed by atoms with van der Waals surface area (Å²) in [5, 5.41) is 0. The normalized spacial score (nSPS) is 18.2. The maximum atomic E-state index is 12.4. The molecule has 2 aromatic carbocycles. The SMILES string of the molecule is C[C@H]1CCCN(c2ccc(CNS(=O)(=O)c3ccc(S(C)(=O)=O)cc3)cc2)C1. The number of nitrogens with zero attached hydrogens (tertiary/aromatic N) is 1. The smallest absolute Gasteiger partial charge is 0.240 e. The molecule has 0 unspecified atom stereocenters. The molecule has 1 heterocycles. The van der Waals surface area contributed by atoms with Crippen molar-refractivity contribution in [2.45, 2.75) is 36.1 Å². The van der Waals surface area contributed by atoms with Gasteiger partial charge in [-0.05, 0) is 60.7 Å². The largest absolute Gasteiger partial charge is 0.371 e. The van der Waals surface area contributed by atoms with Gasteiger partial charge in [0.05, 0.1) is 9.79 Å². The summed E-state index contributed by atoms with van der Waals surface area (Å²) in [6.07, 6.45) is 3.55. The van der Waals surface area contributed by atoms with Crippen molar-refractivity contribution in [2.24, 2.45) is 5.92 Å². The Labute approximate surface area is 167 Å². The minimum atomic E-state index is -3.71. The first kappa shape index (κ1) is 20.8. The minimum Gasteiger partial charge on any atom is -0.371 e. The Morgan fingerprint density at radius 3 is 2.14 bits per heavy atom. The van der Waals surface area contributed by atoms with Gasteiger partial charge in [-0.25, -0.2) is 21.6 Å². The molecule has 0 aromatic heterocycles. The van der Waals surface area contributed by atoms with Crippen LogP contribution in [0.2, 0.25) is 0 Å². The molecule has 0 bridgehead atoms. The molecule has 3 rings (SSSR count). The second kappa shape index (κ2) is 8.23. The second-order valence-corrected chi connectivity index (χ2v) is 11.2. The van der Waals surface area contributed by atoms with Crippen molar-refractivity contribution in [1.29, 1.82) is 0 Å². The minimum absolute atomic E-state index is 0.0406. The lowest BCUT2D eigenvalue weighted by Crippen LogP contribution is -2.34. The van der Waals surface area contributed by atoms with Crippen LogP contribution in [0.25, 0.3) is 0 Å². The topological polar surface area (TPSA) is 83.6 Å². The summed E-state index contributed by atoms with van der Waals surface area (Å²) < 4.78 is 50.5. The molecule has 0 spiro atoms. The van der Waals surface area contributed by atoms with Crippen molar-refractivity contribution in [3.63, 3.8) is 0 Å². The van der Waals surface area contributed by atoms with Crippen molar-refractivity contribution >= 4 is 25.5 Å². The van der Waals surface area contributed by atoms with Gasteiger partial charge in [0.25, 0.3) is 0 Å². The highest BCUT2D eigenvalue weighted by Gasteiger charge is 2.17. The van der Waals surface area contributed by atoms with Crippen LogP contribution in [0.1, 0.15) is 25.3 Å². The highest BCUT2D eigenvalue weighted by molar-refractivity contribution is 7.90. The third kappa shape index (κ3) is 5.12. The van der Waals surface area contributed by atoms with E-state index in [-0.39, 0.29) is 16.3 Å². The van der Waals surface area contributed by atoms with Crippen molar-refractivity contribution in [3.05, 3.63) is 54.1 Å². The van der Waals surface area contributed by atoms with Crippen LogP contribution in [-0.4, -0.2) is 36.2 Å². The van der Waals surface area contributed by atoms with Crippen LogP contribution in [-0.2, 0) is 26.4 Å². The van der Waals surface area contributed by atoms with E-state index in [1.54, 1.807) is 0 Å². The molecule has 6 nitrogen and oxygen atoms in total. The first-order valence-corrected chi connectivity index (χ1v) is 12.7. The fourth-order valence-corrected chi connectivity index (χ4v) is 5.02. The van der Waals surface area contributed by atoms with Gasteiger partial charge in [0.2, 0.25) is 10.0 Å². The molecule has 1 aliphatic rings. The molecular formula is C20H26N2O4S2. The lowest BCUT2D eigenvalue weighted by atomic mass is 9.99. The Kier molecular flexibility index (Phi) is 6.12. The van der Waals surface area contributed by atoms with Crippen LogP contribution < -0.4 is 9.62 Å². The first-order valence-electron chi connectivity index (χ1n) is 9.29. The molecule has 0 aliphatic carbocycles. The van der Waals surface area contributed by atoms with E-state index in [0.717, 1.165) is 30.6 Å². The monoisotopic (exact) mass is 422 g/mol. The van der Waals surface area contributed by atoms with Gasteiger partial charge >= 0.3 is 0 Å². The summed E-state index contributed by atoms with van der Waals surface area (Å²) >= 11 is 0. The highest BCUT2D eigenvalue weighted by Crippen LogP contribution is 2.23. The number of piperidine rings is 1. The number of sulfone groups is 1. The highest BCUT2D eigenvalue weighted by atomic mass is 32.2. The van der Waals surface area contributed by atoms with Crippen molar-refractivity contribution in [1.82, 2.24) is 4.72 Å². The van der Waals surface area contributed by atoms with E-state index in [0.29, 0.717) is 5.92 Å². The lowest BCUT2D eigenvalue weighted by Gasteiger charge is -2.32. The molecule has 8 heteroatoms. The zero-order valence-corrected chi connectivity index (χ0v) is 17.8. The summed E-state index contributed by atoms with van der Waals surface area (Å²) in [4.78, 5) is 2.50. The van der Waals surface area contributed by atoms with Crippen LogP contribution in [0.4, 0.5) is 5.69 Å². The number of benzene rings is 2. The summed E-state index contributed by atoms with van der Waals surface area (Å²) in [6, 6.07) is 13.1. The van der Waals surface area contributed by atoms with E-state index < -0.39 is 19.9 Å². The quantitative estimate of drug-likeness (QED) is 0.774. The van der Waals surface area contributed by atoms with E-state index in [2.05, 4.69) is 16.5 Å². The number of nitrogens with one attached hydrogen (secondary N) is 1. The van der Waals surface area contributed by atoms with Gasteiger partial charge in [0.15, 0.2) is 9.84 Å². The van der Waals surface area contributed by atoms with Gasteiger partial charge in [-0.15, -0.1) is 0 Å². The molecule has 1 fully saturated rings. The van der Waals surface area contributed by atoms with Gasteiger partial charge in [0.1, 0.15) is 0 Å². The molecule has 152 valence electrons. The van der Waals surface area contributed by atoms with E-state index in [1.165, 1.54) is 37.1 Å². The number of hydrogen-bond acceptors (Lipinski definition) is 5. The molecule has 0 amide bonds. The van der Waals surface area contributed by atoms with E-state index >= 15 is 0 Å². The molecule has 28 heavy (non-hydrogen) atoms. The average molecular weight is 423 g/mol. The molecule has 1 aliphatic heterocycles. The van der Waals surface area contributed by atoms with Crippen molar-refractivity contribution in [3.8, 4) is 0 Å². The van der Waals surface area contributed by atoms with Crippen LogP contribution in [0.5, 0.6) is 0 Å². The first-order chi connectivity index (χ1) is 13.1. The Hall–Kier alpha value is -1.90. The number of rotatable bonds is 6. The summed E-state index contributed by atoms with van der Waals surface area (Å²) in [6.45, 7) is 4.54. The summed E-state index contributed by atoms with van der Waals surface area (Å²) in [5.41, 5.74) is 2.03. The van der Waals surface area contributed by atoms with Crippen LogP contribution in [0, 0.1) is 5.92 Å². The second-order valence-electron chi connectivity index (χ2n) is 7.43. The summed E-state index contributed by atoms with van der Waals surface area (Å²) in [7, 11) is -7.07. The zero-order chi connectivity index (χ0) is 20.4. The third-order valence-electron chi connectivity index (χ3n) is 4.99. The Morgan fingerprint density at radius 2 is 1.57 bits per heavy atom. The summed E-state index contributed by atoms with van der Waals surface area (Å²) in [5.74, 6) is 0.689. The average Bonchev–Trinajstić information content (AvgIpc) is 2.66. The van der Waals surface area contributed by atoms with Crippen molar-refractivity contribution < 1.29 is 16.8 Å². The predicted octanol–water partition coefficient (Wildman–Crippen LogP) is 2.80. The molecule has 1 atom stereocenters. The predicted molar refractivity (Wildman–Crippen MR) is 111 cm³/mol. The zero-order valence-electron chi connectivity index (χ0n) is 16.1. The van der Waals surface area contributed by atoms with E-state index in [9.17, 15) is 16.8 Å². The molecule has 1 N–H and O–H groups in total. The number of anilines is 1. The maximum Gasteiger partial charge on any atom is 0.240 e. The Morgan fingerprint density at radius 1 is 0.964 bits per heavy atom. The number of hydrogen-bond donors (Lipinski definition) is 1. The fraction of sp³-hybridized carbons (Fsp3) is 0.400. The van der Waals surface area contributed by atoms with Crippen LogP contribution in [0.3, 0.4) is 0 Å². The molecule has 0 saturated carbocycles. The van der Waals surface area contributed by atoms with Crippen molar-refractivity contribution in [2.75, 3.05) is 24.2 Å². The standard InChI is InChI=1S/C20H26N2O4S2/c1-16-4-3-13-22(15-16)18-7-5-17(6-8-18)14-21-28(25,26)20-11-9-19(10-12-20)27(2,23)24/h5-12,16,21H,3-4,13-15H2,1-2H3/t16-/m0/s1. The van der Waals surface area contributed by atoms with Gasteiger partial charge in [-0.2, -0.15) is 0 Å². The van der Waals surface area contributed by atoms with Gasteiger partial charge in [0, 0.05) is 31.6 Å². The maximum absolute atomic E-state index is 12.4. The molecule has 2 aromatic rings. The van der Waals surface area contributed by atoms with E-state index in [4.69, 9.17) is 0 Å². The van der Waals surface area contributed by atoms with Crippen LogP contribution >= 0.6 is 0 Å². The molecule has 0 radical (unpaired) electrons. The Balaban J connectivity index is 1.64. The lowest BCUT2D eigenvalue weighted by molar-refractivity contribution is 0.447. The number of sulfonamides is 1. The Bertz CT molecular complexity index is 1010. The van der Waals surface area contributed by atoms with Gasteiger partial charge < -0.3 is 4.90 Å². The fourth-order valence-electron chi connectivity index (χ4n) is 3.38.